The lowest BCUT2D eigenvalue weighted by Gasteiger charge is -2.22. The van der Waals surface area contributed by atoms with Crippen LogP contribution in [0.1, 0.15) is 36.1 Å². The lowest BCUT2D eigenvalue weighted by molar-refractivity contribution is 0.0923. The van der Waals surface area contributed by atoms with Gasteiger partial charge < -0.3 is 10.3 Å². The van der Waals surface area contributed by atoms with Gasteiger partial charge in [-0.25, -0.2) is 13.4 Å². The number of hydrogen-bond acceptors (Lipinski definition) is 4. The van der Waals surface area contributed by atoms with Gasteiger partial charge in [-0.2, -0.15) is 0 Å². The lowest BCUT2D eigenvalue weighted by Crippen LogP contribution is -2.33. The van der Waals surface area contributed by atoms with Crippen molar-refractivity contribution in [3.05, 3.63) is 89.2 Å². The average molecular weight is 497 g/mol. The van der Waals surface area contributed by atoms with Crippen LogP contribution in [-0.2, 0) is 10.0 Å². The van der Waals surface area contributed by atoms with Crippen molar-refractivity contribution in [2.75, 3.05) is 11.4 Å². The maximum Gasteiger partial charge on any atom is 0.264 e. The van der Waals surface area contributed by atoms with Crippen molar-refractivity contribution >= 4 is 44.3 Å². The minimum Gasteiger partial charge on any atom is -0.342 e. The van der Waals surface area contributed by atoms with E-state index in [0.29, 0.717) is 11.5 Å². The van der Waals surface area contributed by atoms with Crippen LogP contribution in [0.2, 0.25) is 5.02 Å². The number of aromatic amines is 1. The van der Waals surface area contributed by atoms with E-state index in [1.54, 1.807) is 24.3 Å². The topological polar surface area (TPSA) is 95.2 Å². The number of nitrogens with zero attached hydrogens (tertiary/aromatic N) is 2. The molecule has 0 saturated heterocycles. The fourth-order valence-corrected chi connectivity index (χ4v) is 5.09. The maximum atomic E-state index is 13.2. The molecule has 7 nitrogen and oxygen atoms in total. The Morgan fingerprint density at radius 3 is 2.38 bits per heavy atom. The van der Waals surface area contributed by atoms with Crippen LogP contribution in [0, 0.1) is 5.92 Å². The Labute approximate surface area is 203 Å². The molecule has 1 heterocycles. The SMILES string of the molecule is CC(C)[C@H](NC(=O)c1cc(S(=O)(=O)N(C)c2ccccc2)ccc1Cl)c1nc2ccccc2[nH]1. The zero-order valence-corrected chi connectivity index (χ0v) is 20.6. The summed E-state index contributed by atoms with van der Waals surface area (Å²) in [5.41, 5.74) is 2.25. The number of amides is 1. The number of carbonyl (C=O) groups excluding carboxylic acids is 1. The molecule has 1 aromatic heterocycles. The molecule has 0 unspecified atom stereocenters. The van der Waals surface area contributed by atoms with Crippen LogP contribution in [0.4, 0.5) is 5.69 Å². The average Bonchev–Trinajstić information content (AvgIpc) is 3.26. The third-order valence-electron chi connectivity index (χ3n) is 5.62. The third kappa shape index (κ3) is 4.64. The maximum absolute atomic E-state index is 13.2. The van der Waals surface area contributed by atoms with Gasteiger partial charge in [0.05, 0.1) is 38.2 Å². The van der Waals surface area contributed by atoms with Crippen LogP contribution in [0.5, 0.6) is 0 Å². The highest BCUT2D eigenvalue weighted by molar-refractivity contribution is 7.92. The Morgan fingerprint density at radius 1 is 1.03 bits per heavy atom. The predicted molar refractivity (Wildman–Crippen MR) is 135 cm³/mol. The summed E-state index contributed by atoms with van der Waals surface area (Å²) in [6.07, 6.45) is 0. The molecule has 0 radical (unpaired) electrons. The van der Waals surface area contributed by atoms with Crippen LogP contribution < -0.4 is 9.62 Å². The number of anilines is 1. The van der Waals surface area contributed by atoms with Crippen LogP contribution >= 0.6 is 11.6 Å². The molecule has 0 aliphatic rings. The monoisotopic (exact) mass is 496 g/mol. The summed E-state index contributed by atoms with van der Waals surface area (Å²) < 4.78 is 27.6. The van der Waals surface area contributed by atoms with Crippen LogP contribution in [0.15, 0.2) is 77.7 Å². The molecule has 0 saturated carbocycles. The minimum atomic E-state index is -3.90. The first-order valence-corrected chi connectivity index (χ1v) is 12.6. The molecule has 176 valence electrons. The van der Waals surface area contributed by atoms with E-state index in [1.807, 2.05) is 44.2 Å². The summed E-state index contributed by atoms with van der Waals surface area (Å²) in [4.78, 5) is 21.1. The first-order valence-electron chi connectivity index (χ1n) is 10.8. The normalized spacial score (nSPS) is 12.6. The zero-order chi connectivity index (χ0) is 24.5. The molecular weight excluding hydrogens is 472 g/mol. The molecule has 0 bridgehead atoms. The lowest BCUT2D eigenvalue weighted by atomic mass is 10.0. The standard InChI is InChI=1S/C25H25ClN4O3S/c1-16(2)23(24-27-21-11-7-8-12-22(21)28-24)29-25(31)19-15-18(13-14-20(19)26)34(32,33)30(3)17-9-5-4-6-10-17/h4-16,23H,1-3H3,(H,27,28)(H,29,31)/t23-/m0/s1. The highest BCUT2D eigenvalue weighted by atomic mass is 35.5. The van der Waals surface area contributed by atoms with E-state index in [9.17, 15) is 13.2 Å². The fourth-order valence-electron chi connectivity index (χ4n) is 3.66. The molecule has 1 amide bonds. The summed E-state index contributed by atoms with van der Waals surface area (Å²) in [7, 11) is -2.44. The summed E-state index contributed by atoms with van der Waals surface area (Å²) in [6, 6.07) is 20.0. The molecule has 2 N–H and O–H groups in total. The molecule has 4 rings (SSSR count). The first kappa shape index (κ1) is 23.8. The van der Waals surface area contributed by atoms with Gasteiger partial charge in [-0.15, -0.1) is 0 Å². The van der Waals surface area contributed by atoms with Gasteiger partial charge in [0.25, 0.3) is 15.9 Å². The molecule has 4 aromatic rings. The molecule has 9 heteroatoms. The number of hydrogen-bond donors (Lipinski definition) is 2. The fraction of sp³-hybridized carbons (Fsp3) is 0.200. The van der Waals surface area contributed by atoms with E-state index >= 15 is 0 Å². The van der Waals surface area contributed by atoms with Crippen molar-refractivity contribution in [1.29, 1.82) is 0 Å². The number of benzene rings is 3. The summed E-state index contributed by atoms with van der Waals surface area (Å²) in [6.45, 7) is 3.94. The van der Waals surface area contributed by atoms with Gasteiger partial charge in [0.1, 0.15) is 5.82 Å². The summed E-state index contributed by atoms with van der Waals surface area (Å²) >= 11 is 6.32. The molecular formula is C25H25ClN4O3S. The minimum absolute atomic E-state index is 0.0133. The highest BCUT2D eigenvalue weighted by Crippen LogP contribution is 2.27. The first-order chi connectivity index (χ1) is 16.2. The number of H-pyrrole nitrogens is 1. The molecule has 3 aromatic carbocycles. The van der Waals surface area contributed by atoms with Crippen LogP contribution in [0.25, 0.3) is 11.0 Å². The number of rotatable bonds is 7. The number of imidazole rings is 1. The smallest absolute Gasteiger partial charge is 0.264 e. The third-order valence-corrected chi connectivity index (χ3v) is 7.73. The number of carbonyl (C=O) groups is 1. The van der Waals surface area contributed by atoms with Crippen molar-refractivity contribution in [3.8, 4) is 0 Å². The molecule has 0 spiro atoms. The number of sulfonamides is 1. The number of fused-ring (bicyclic) bond motifs is 1. The summed E-state index contributed by atoms with van der Waals surface area (Å²) in [5.74, 6) is 0.149. The van der Waals surface area contributed by atoms with Crippen molar-refractivity contribution in [1.82, 2.24) is 15.3 Å². The van der Waals surface area contributed by atoms with Gasteiger partial charge >= 0.3 is 0 Å². The predicted octanol–water partition coefficient (Wildman–Crippen LogP) is 5.17. The van der Waals surface area contributed by atoms with E-state index in [1.165, 1.54) is 29.6 Å². The number of aromatic nitrogens is 2. The Morgan fingerprint density at radius 2 is 1.71 bits per heavy atom. The Balaban J connectivity index is 1.64. The number of para-hydroxylation sites is 3. The van der Waals surface area contributed by atoms with Gasteiger partial charge in [-0.05, 0) is 48.4 Å². The van der Waals surface area contributed by atoms with Crippen molar-refractivity contribution in [2.24, 2.45) is 5.92 Å². The molecule has 0 aliphatic heterocycles. The second-order valence-electron chi connectivity index (χ2n) is 8.28. The summed E-state index contributed by atoms with van der Waals surface area (Å²) in [5, 5.41) is 3.12. The Bertz CT molecular complexity index is 1400. The quantitative estimate of drug-likeness (QED) is 0.369. The van der Waals surface area contributed by atoms with E-state index < -0.39 is 22.0 Å². The van der Waals surface area contributed by atoms with Crippen molar-refractivity contribution < 1.29 is 13.2 Å². The Hall–Kier alpha value is -3.36. The van der Waals surface area contributed by atoms with Gasteiger partial charge in [0, 0.05) is 7.05 Å². The van der Waals surface area contributed by atoms with E-state index in [2.05, 4.69) is 15.3 Å². The zero-order valence-electron chi connectivity index (χ0n) is 19.0. The van der Waals surface area contributed by atoms with Gasteiger partial charge in [0.2, 0.25) is 0 Å². The van der Waals surface area contributed by atoms with Crippen LogP contribution in [0.3, 0.4) is 0 Å². The molecule has 34 heavy (non-hydrogen) atoms. The molecule has 0 aliphatic carbocycles. The van der Waals surface area contributed by atoms with E-state index in [-0.39, 0.29) is 21.4 Å². The van der Waals surface area contributed by atoms with Crippen molar-refractivity contribution in [3.63, 3.8) is 0 Å². The van der Waals surface area contributed by atoms with Gasteiger partial charge in [-0.3, -0.25) is 9.10 Å². The highest BCUT2D eigenvalue weighted by Gasteiger charge is 2.26. The Kier molecular flexibility index (Phi) is 6.63. The molecule has 0 fully saturated rings. The largest absolute Gasteiger partial charge is 0.342 e. The van der Waals surface area contributed by atoms with E-state index in [4.69, 9.17) is 11.6 Å². The van der Waals surface area contributed by atoms with E-state index in [0.717, 1.165) is 11.0 Å². The number of nitrogens with one attached hydrogen (secondary N) is 2. The van der Waals surface area contributed by atoms with Crippen LogP contribution in [-0.4, -0.2) is 31.3 Å². The van der Waals surface area contributed by atoms with Crippen molar-refractivity contribution in [2.45, 2.75) is 24.8 Å². The molecule has 1 atom stereocenters. The second-order valence-corrected chi connectivity index (χ2v) is 10.7. The number of halogens is 1. The van der Waals surface area contributed by atoms with Gasteiger partial charge in [0.15, 0.2) is 0 Å². The second kappa shape index (κ2) is 9.48. The van der Waals surface area contributed by atoms with Gasteiger partial charge in [-0.1, -0.05) is 55.8 Å².